The molecule has 36 heavy (non-hydrogen) atoms. The average Bonchev–Trinajstić information content (AvgIpc) is 3.42. The molecule has 1 fully saturated rings. The summed E-state index contributed by atoms with van der Waals surface area (Å²) in [4.78, 5) is 19.2. The Labute approximate surface area is 226 Å². The molecule has 2 aromatic carbocycles. The smallest absolute Gasteiger partial charge is 0.193 e. The Morgan fingerprint density at radius 2 is 2.03 bits per heavy atom. The van der Waals surface area contributed by atoms with Gasteiger partial charge in [-0.15, -0.1) is 11.3 Å². The number of piperidine rings is 1. The molecule has 2 N–H and O–H groups in total. The van der Waals surface area contributed by atoms with Gasteiger partial charge in [-0.2, -0.15) is 0 Å². The summed E-state index contributed by atoms with van der Waals surface area (Å²) in [6.07, 6.45) is 4.31. The zero-order valence-electron chi connectivity index (χ0n) is 18.9. The van der Waals surface area contributed by atoms with Crippen LogP contribution in [0.25, 0.3) is 0 Å². The zero-order valence-corrected chi connectivity index (χ0v) is 22.1. The van der Waals surface area contributed by atoms with Gasteiger partial charge in [0, 0.05) is 41.0 Å². The van der Waals surface area contributed by atoms with Crippen molar-refractivity contribution in [3.63, 3.8) is 0 Å². The standard InChI is InChI=1S/C26H21Cl2FN4OS2/c27-21-6-5-20(10-22(21)28)36-33-8-7-17-9-23(32-19-3-1-18(29)2-4-19)16(12-30)11-26(17,14-33)25(34)24-13-35-15-31-24/h1-6,9-10,12-13,15,30,32H,7-8,11,14H2. The normalized spacial score (nSPS) is 20.0. The minimum absolute atomic E-state index is 0.0466. The first kappa shape index (κ1) is 25.2. The number of aromatic nitrogens is 1. The van der Waals surface area contributed by atoms with Crippen molar-refractivity contribution in [2.24, 2.45) is 5.41 Å². The summed E-state index contributed by atoms with van der Waals surface area (Å²) in [5, 5.41) is 14.2. The van der Waals surface area contributed by atoms with E-state index in [2.05, 4.69) is 14.6 Å². The van der Waals surface area contributed by atoms with Gasteiger partial charge in [-0.05, 0) is 78.9 Å². The van der Waals surface area contributed by atoms with E-state index in [1.165, 1.54) is 41.6 Å². The molecule has 1 aromatic heterocycles. The third-order valence-electron chi connectivity index (χ3n) is 6.37. The van der Waals surface area contributed by atoms with Gasteiger partial charge in [0.1, 0.15) is 11.5 Å². The third-order valence-corrected chi connectivity index (χ3v) is 8.73. The second-order valence-electron chi connectivity index (χ2n) is 8.63. The summed E-state index contributed by atoms with van der Waals surface area (Å²) >= 11 is 15.2. The Morgan fingerprint density at radius 1 is 1.22 bits per heavy atom. The number of nitrogens with zero attached hydrogens (tertiary/aromatic N) is 2. The van der Waals surface area contributed by atoms with Crippen LogP contribution in [-0.4, -0.2) is 34.4 Å². The lowest BCUT2D eigenvalue weighted by atomic mass is 9.65. The maximum atomic E-state index is 13.9. The number of carbonyl (C=O) groups excluding carboxylic acids is 1. The number of ketones is 1. The van der Waals surface area contributed by atoms with Gasteiger partial charge < -0.3 is 10.7 Å². The quantitative estimate of drug-likeness (QED) is 0.178. The monoisotopic (exact) mass is 558 g/mol. The van der Waals surface area contributed by atoms with Crippen molar-refractivity contribution in [3.8, 4) is 0 Å². The molecule has 184 valence electrons. The lowest BCUT2D eigenvalue weighted by Gasteiger charge is -2.45. The van der Waals surface area contributed by atoms with E-state index in [-0.39, 0.29) is 11.6 Å². The van der Waals surface area contributed by atoms with Crippen molar-refractivity contribution in [1.29, 1.82) is 5.41 Å². The van der Waals surface area contributed by atoms with Crippen molar-refractivity contribution < 1.29 is 9.18 Å². The van der Waals surface area contributed by atoms with Crippen LogP contribution in [0.15, 0.2) is 81.2 Å². The average molecular weight is 560 g/mol. The molecular formula is C26H21Cl2FN4OS2. The molecule has 1 aliphatic heterocycles. The number of carbonyl (C=O) groups is 1. The molecule has 3 aromatic rings. The van der Waals surface area contributed by atoms with Crippen molar-refractivity contribution in [3.05, 3.63) is 97.8 Å². The van der Waals surface area contributed by atoms with E-state index in [4.69, 9.17) is 28.6 Å². The highest BCUT2D eigenvalue weighted by molar-refractivity contribution is 7.97. The molecule has 0 saturated carbocycles. The predicted molar refractivity (Wildman–Crippen MR) is 146 cm³/mol. The van der Waals surface area contributed by atoms with E-state index in [9.17, 15) is 9.18 Å². The Bertz CT molecular complexity index is 1380. The van der Waals surface area contributed by atoms with E-state index in [0.717, 1.165) is 22.7 Å². The maximum absolute atomic E-state index is 13.9. The molecule has 1 atom stereocenters. The third kappa shape index (κ3) is 5.01. The number of fused-ring (bicyclic) bond motifs is 1. The summed E-state index contributed by atoms with van der Waals surface area (Å²) in [7, 11) is 0. The van der Waals surface area contributed by atoms with Gasteiger partial charge in [-0.25, -0.2) is 13.7 Å². The fourth-order valence-corrected chi connectivity index (χ4v) is 6.56. The first-order chi connectivity index (χ1) is 17.4. The minimum Gasteiger partial charge on any atom is -0.355 e. The number of rotatable bonds is 7. The number of halogens is 3. The van der Waals surface area contributed by atoms with Crippen LogP contribution >= 0.6 is 46.5 Å². The number of hydrogen-bond donors (Lipinski definition) is 2. The van der Waals surface area contributed by atoms with E-state index in [1.54, 1.807) is 29.1 Å². The van der Waals surface area contributed by atoms with E-state index in [0.29, 0.717) is 46.4 Å². The van der Waals surface area contributed by atoms with Crippen molar-refractivity contribution >= 4 is 64.2 Å². The van der Waals surface area contributed by atoms with Crippen LogP contribution in [0.2, 0.25) is 10.0 Å². The number of Topliss-reactive ketones (excluding diaryl/α,β-unsaturated/α-hetero) is 1. The van der Waals surface area contributed by atoms with Crippen molar-refractivity contribution in [1.82, 2.24) is 9.29 Å². The van der Waals surface area contributed by atoms with Gasteiger partial charge >= 0.3 is 0 Å². The molecule has 1 saturated heterocycles. The molecule has 2 heterocycles. The molecule has 2 aliphatic rings. The summed E-state index contributed by atoms with van der Waals surface area (Å²) in [6, 6.07) is 11.6. The summed E-state index contributed by atoms with van der Waals surface area (Å²) < 4.78 is 15.6. The van der Waals surface area contributed by atoms with Crippen molar-refractivity contribution in [2.75, 3.05) is 18.4 Å². The first-order valence-electron chi connectivity index (χ1n) is 11.2. The Morgan fingerprint density at radius 3 is 2.72 bits per heavy atom. The number of allylic oxidation sites excluding steroid dienone is 2. The van der Waals surface area contributed by atoms with Crippen LogP contribution in [0.4, 0.5) is 10.1 Å². The molecule has 1 unspecified atom stereocenters. The Kier molecular flexibility index (Phi) is 7.32. The van der Waals surface area contributed by atoms with E-state index < -0.39 is 5.41 Å². The van der Waals surface area contributed by atoms with Gasteiger partial charge in [0.15, 0.2) is 5.78 Å². The first-order valence-corrected chi connectivity index (χ1v) is 13.6. The van der Waals surface area contributed by atoms with Crippen molar-refractivity contribution in [2.45, 2.75) is 17.7 Å². The van der Waals surface area contributed by atoms with Crippen LogP contribution in [-0.2, 0) is 0 Å². The summed E-state index contributed by atoms with van der Waals surface area (Å²) in [5.41, 5.74) is 4.42. The highest BCUT2D eigenvalue weighted by Gasteiger charge is 2.49. The molecule has 5 rings (SSSR count). The van der Waals surface area contributed by atoms with Gasteiger partial charge in [0.05, 0.1) is 21.0 Å². The Balaban J connectivity index is 1.49. The highest BCUT2D eigenvalue weighted by atomic mass is 35.5. The van der Waals surface area contributed by atoms with Gasteiger partial charge in [0.2, 0.25) is 0 Å². The van der Waals surface area contributed by atoms with E-state index in [1.807, 2.05) is 18.2 Å². The largest absolute Gasteiger partial charge is 0.355 e. The lowest BCUT2D eigenvalue weighted by Crippen LogP contribution is -2.49. The fourth-order valence-electron chi connectivity index (χ4n) is 4.60. The zero-order chi connectivity index (χ0) is 25.3. The number of anilines is 1. The molecule has 0 radical (unpaired) electrons. The van der Waals surface area contributed by atoms with Gasteiger partial charge in [0.25, 0.3) is 0 Å². The minimum atomic E-state index is -0.851. The second kappa shape index (κ2) is 10.5. The maximum Gasteiger partial charge on any atom is 0.193 e. The SMILES string of the molecule is N=CC1=C(Nc2ccc(F)cc2)C=C2CCN(Sc3ccc(Cl)c(Cl)c3)CC2(C(=O)c2cscn2)C1. The summed E-state index contributed by atoms with van der Waals surface area (Å²) in [5.74, 6) is -0.363. The number of nitrogens with one attached hydrogen (secondary N) is 2. The molecule has 10 heteroatoms. The second-order valence-corrected chi connectivity index (χ2v) is 11.3. The van der Waals surface area contributed by atoms with E-state index >= 15 is 0 Å². The molecule has 0 bridgehead atoms. The van der Waals surface area contributed by atoms with Crippen LogP contribution in [0.1, 0.15) is 23.3 Å². The highest BCUT2D eigenvalue weighted by Crippen LogP contribution is 2.49. The molecule has 1 aliphatic carbocycles. The number of hydrogen-bond acceptors (Lipinski definition) is 7. The van der Waals surface area contributed by atoms with Gasteiger partial charge in [-0.1, -0.05) is 28.8 Å². The summed E-state index contributed by atoms with van der Waals surface area (Å²) in [6.45, 7) is 1.19. The van der Waals surface area contributed by atoms with Crippen LogP contribution in [0.5, 0.6) is 0 Å². The number of thiazole rings is 1. The Hall–Kier alpha value is -2.49. The number of benzene rings is 2. The van der Waals surface area contributed by atoms with Crippen LogP contribution in [0, 0.1) is 16.6 Å². The fraction of sp³-hybridized carbons (Fsp3) is 0.192. The molecule has 0 spiro atoms. The molecular weight excluding hydrogens is 538 g/mol. The van der Waals surface area contributed by atoms with Gasteiger partial charge in [-0.3, -0.25) is 4.79 Å². The predicted octanol–water partition coefficient (Wildman–Crippen LogP) is 7.52. The molecule has 0 amide bonds. The molecule has 5 nitrogen and oxygen atoms in total. The van der Waals surface area contributed by atoms with Crippen LogP contribution in [0.3, 0.4) is 0 Å². The van der Waals surface area contributed by atoms with Crippen LogP contribution < -0.4 is 5.32 Å². The topological polar surface area (TPSA) is 69.1 Å². The lowest BCUT2D eigenvalue weighted by molar-refractivity contribution is 0.0776.